The quantitative estimate of drug-likeness (QED) is 0.594. The molecule has 0 radical (unpaired) electrons. The predicted molar refractivity (Wildman–Crippen MR) is 105 cm³/mol. The molecule has 27 heavy (non-hydrogen) atoms. The van der Waals surface area contributed by atoms with Gasteiger partial charge in [0.05, 0.1) is 18.8 Å². The maximum Gasteiger partial charge on any atom is 0.194 e. The Bertz CT molecular complexity index is 692. The van der Waals surface area contributed by atoms with Crippen LogP contribution < -0.4 is 5.32 Å². The number of ether oxygens (including phenoxy) is 1. The van der Waals surface area contributed by atoms with Gasteiger partial charge in [0, 0.05) is 52.4 Å². The minimum atomic E-state index is 0.644. The number of nitrogens with one attached hydrogen (secondary N) is 1. The summed E-state index contributed by atoms with van der Waals surface area (Å²) < 4.78 is 10.1. The van der Waals surface area contributed by atoms with Crippen LogP contribution in [0, 0.1) is 0 Å². The molecule has 0 aliphatic carbocycles. The molecule has 1 aliphatic heterocycles. The zero-order valence-corrected chi connectivity index (χ0v) is 16.2. The van der Waals surface area contributed by atoms with Gasteiger partial charge >= 0.3 is 0 Å². The van der Waals surface area contributed by atoms with Crippen molar-refractivity contribution in [3.8, 4) is 0 Å². The zero-order chi connectivity index (χ0) is 18.9. The van der Waals surface area contributed by atoms with Crippen LogP contribution in [0.2, 0.25) is 0 Å². The standard InChI is InChI=1S/C20H29N5O2/c1-3-21-20(22-14-17-4-6-18(7-5-17)16-26-2)25-11-9-24(10-12-25)15-19-8-13-27-23-19/h4-8,13H,3,9-12,14-16H2,1-2H3,(H,21,22). The second-order valence-electron chi connectivity index (χ2n) is 6.67. The second-order valence-corrected chi connectivity index (χ2v) is 6.67. The number of benzene rings is 1. The molecule has 146 valence electrons. The fraction of sp³-hybridized carbons (Fsp3) is 0.500. The van der Waals surface area contributed by atoms with Crippen molar-refractivity contribution < 1.29 is 9.26 Å². The van der Waals surface area contributed by atoms with Crippen LogP contribution >= 0.6 is 0 Å². The van der Waals surface area contributed by atoms with Crippen molar-refractivity contribution in [1.82, 2.24) is 20.3 Å². The third-order valence-electron chi connectivity index (χ3n) is 4.63. The van der Waals surface area contributed by atoms with Crippen LogP contribution in [0.3, 0.4) is 0 Å². The van der Waals surface area contributed by atoms with Gasteiger partial charge in [-0.1, -0.05) is 29.4 Å². The largest absolute Gasteiger partial charge is 0.380 e. The molecule has 2 aromatic rings. The molecule has 0 unspecified atom stereocenters. The third kappa shape index (κ3) is 5.80. The van der Waals surface area contributed by atoms with Gasteiger partial charge in [0.25, 0.3) is 0 Å². The Morgan fingerprint density at radius 2 is 1.89 bits per heavy atom. The van der Waals surface area contributed by atoms with Crippen molar-refractivity contribution >= 4 is 5.96 Å². The number of piperazine rings is 1. The van der Waals surface area contributed by atoms with E-state index >= 15 is 0 Å². The molecular formula is C20H29N5O2. The van der Waals surface area contributed by atoms with Gasteiger partial charge in [0.1, 0.15) is 6.26 Å². The third-order valence-corrected chi connectivity index (χ3v) is 4.63. The number of aromatic nitrogens is 1. The Morgan fingerprint density at radius 3 is 2.52 bits per heavy atom. The van der Waals surface area contributed by atoms with Crippen molar-refractivity contribution in [3.63, 3.8) is 0 Å². The van der Waals surface area contributed by atoms with Crippen molar-refractivity contribution in [2.45, 2.75) is 26.6 Å². The lowest BCUT2D eigenvalue weighted by atomic mass is 10.1. The summed E-state index contributed by atoms with van der Waals surface area (Å²) in [5, 5.41) is 7.43. The summed E-state index contributed by atoms with van der Waals surface area (Å²) in [5.74, 6) is 0.986. The molecule has 1 aromatic heterocycles. The number of aliphatic imine (C=N–C) groups is 1. The van der Waals surface area contributed by atoms with Crippen molar-refractivity contribution in [3.05, 3.63) is 53.4 Å². The van der Waals surface area contributed by atoms with Crippen LogP contribution in [-0.4, -0.2) is 60.7 Å². The zero-order valence-electron chi connectivity index (χ0n) is 16.2. The van der Waals surface area contributed by atoms with E-state index in [1.165, 1.54) is 11.1 Å². The highest BCUT2D eigenvalue weighted by atomic mass is 16.5. The molecule has 1 aromatic carbocycles. The van der Waals surface area contributed by atoms with E-state index in [1.807, 2.05) is 6.07 Å². The van der Waals surface area contributed by atoms with Gasteiger partial charge < -0.3 is 19.5 Å². The summed E-state index contributed by atoms with van der Waals surface area (Å²) >= 11 is 0. The first-order valence-corrected chi connectivity index (χ1v) is 9.50. The molecule has 0 spiro atoms. The maximum absolute atomic E-state index is 5.16. The number of rotatable bonds is 7. The fourth-order valence-corrected chi connectivity index (χ4v) is 3.17. The van der Waals surface area contributed by atoms with E-state index in [0.29, 0.717) is 13.2 Å². The van der Waals surface area contributed by atoms with Gasteiger partial charge in [-0.3, -0.25) is 4.90 Å². The van der Waals surface area contributed by atoms with Crippen LogP contribution in [-0.2, 0) is 24.4 Å². The van der Waals surface area contributed by atoms with Gasteiger partial charge in [-0.25, -0.2) is 4.99 Å². The summed E-state index contributed by atoms with van der Waals surface area (Å²) in [6.07, 6.45) is 1.63. The van der Waals surface area contributed by atoms with Crippen LogP contribution in [0.1, 0.15) is 23.7 Å². The first-order valence-electron chi connectivity index (χ1n) is 9.50. The average Bonchev–Trinajstić information content (AvgIpc) is 3.20. The van der Waals surface area contributed by atoms with E-state index in [4.69, 9.17) is 14.3 Å². The van der Waals surface area contributed by atoms with E-state index in [1.54, 1.807) is 13.4 Å². The van der Waals surface area contributed by atoms with Gasteiger partial charge in [-0.2, -0.15) is 0 Å². The number of nitrogens with zero attached hydrogens (tertiary/aromatic N) is 4. The Kier molecular flexibility index (Phi) is 7.24. The molecule has 7 heteroatoms. The number of guanidine groups is 1. The lowest BCUT2D eigenvalue weighted by Crippen LogP contribution is -2.52. The Labute approximate surface area is 161 Å². The first-order chi connectivity index (χ1) is 13.3. The van der Waals surface area contributed by atoms with Crippen LogP contribution in [0.25, 0.3) is 0 Å². The summed E-state index contributed by atoms with van der Waals surface area (Å²) in [5.41, 5.74) is 3.37. The van der Waals surface area contributed by atoms with E-state index < -0.39 is 0 Å². The first kappa shape index (κ1) is 19.4. The lowest BCUT2D eigenvalue weighted by molar-refractivity contribution is 0.169. The summed E-state index contributed by atoms with van der Waals surface area (Å²) in [4.78, 5) is 9.57. The van der Waals surface area contributed by atoms with Crippen LogP contribution in [0.15, 0.2) is 46.1 Å². The summed E-state index contributed by atoms with van der Waals surface area (Å²) in [6.45, 7) is 9.02. The topological polar surface area (TPSA) is 66.1 Å². The van der Waals surface area contributed by atoms with Crippen LogP contribution in [0.4, 0.5) is 0 Å². The minimum absolute atomic E-state index is 0.644. The molecule has 1 N–H and O–H groups in total. The Morgan fingerprint density at radius 1 is 1.15 bits per heavy atom. The molecule has 1 fully saturated rings. The van der Waals surface area contributed by atoms with E-state index in [9.17, 15) is 0 Å². The molecule has 0 saturated carbocycles. The number of hydrogen-bond donors (Lipinski definition) is 1. The van der Waals surface area contributed by atoms with Gasteiger partial charge in [0.15, 0.2) is 5.96 Å². The molecule has 7 nitrogen and oxygen atoms in total. The summed E-state index contributed by atoms with van der Waals surface area (Å²) in [6, 6.07) is 10.4. The fourth-order valence-electron chi connectivity index (χ4n) is 3.17. The van der Waals surface area contributed by atoms with E-state index in [-0.39, 0.29) is 0 Å². The number of methoxy groups -OCH3 is 1. The predicted octanol–water partition coefficient (Wildman–Crippen LogP) is 2.10. The summed E-state index contributed by atoms with van der Waals surface area (Å²) in [7, 11) is 1.71. The average molecular weight is 371 g/mol. The van der Waals surface area contributed by atoms with E-state index in [2.05, 4.69) is 51.5 Å². The molecule has 1 aliphatic rings. The smallest absolute Gasteiger partial charge is 0.194 e. The molecule has 3 rings (SSSR count). The van der Waals surface area contributed by atoms with Gasteiger partial charge in [0.2, 0.25) is 0 Å². The molecule has 2 heterocycles. The molecule has 1 saturated heterocycles. The highest BCUT2D eigenvalue weighted by Gasteiger charge is 2.20. The minimum Gasteiger partial charge on any atom is -0.380 e. The van der Waals surface area contributed by atoms with E-state index in [0.717, 1.165) is 50.9 Å². The molecule has 0 bridgehead atoms. The molecule has 0 amide bonds. The SMILES string of the molecule is CCNC(=NCc1ccc(COC)cc1)N1CCN(Cc2ccon2)CC1. The molecular weight excluding hydrogens is 342 g/mol. The second kappa shape index (κ2) is 10.1. The van der Waals surface area contributed by atoms with Crippen molar-refractivity contribution in [2.75, 3.05) is 39.8 Å². The molecule has 0 atom stereocenters. The lowest BCUT2D eigenvalue weighted by Gasteiger charge is -2.36. The number of hydrogen-bond acceptors (Lipinski definition) is 5. The monoisotopic (exact) mass is 371 g/mol. The van der Waals surface area contributed by atoms with Crippen molar-refractivity contribution in [1.29, 1.82) is 0 Å². The normalized spacial score (nSPS) is 15.9. The Balaban J connectivity index is 1.54. The van der Waals surface area contributed by atoms with Crippen LogP contribution in [0.5, 0.6) is 0 Å². The Hall–Kier alpha value is -2.38. The highest BCUT2D eigenvalue weighted by Crippen LogP contribution is 2.10. The maximum atomic E-state index is 5.16. The van der Waals surface area contributed by atoms with Crippen molar-refractivity contribution in [2.24, 2.45) is 4.99 Å². The highest BCUT2D eigenvalue weighted by molar-refractivity contribution is 5.80. The van der Waals surface area contributed by atoms with Gasteiger partial charge in [-0.15, -0.1) is 0 Å². The van der Waals surface area contributed by atoms with Gasteiger partial charge in [-0.05, 0) is 18.1 Å².